The fourth-order valence-electron chi connectivity index (χ4n) is 4.03. The average Bonchev–Trinajstić information content (AvgIpc) is 2.89. The van der Waals surface area contributed by atoms with Gasteiger partial charge in [0.2, 0.25) is 5.91 Å². The molecule has 0 unspecified atom stereocenters. The van der Waals surface area contributed by atoms with Gasteiger partial charge in [0.25, 0.3) is 0 Å². The Morgan fingerprint density at radius 1 is 1.11 bits per heavy atom. The molecule has 3 aromatic rings. The highest BCUT2D eigenvalue weighted by Crippen LogP contribution is 2.32. The van der Waals surface area contributed by atoms with Crippen LogP contribution < -0.4 is 10.1 Å². The molecule has 4 rings (SSSR count). The number of hydrogen-bond acceptors (Lipinski definition) is 6. The minimum atomic E-state index is -4.99. The molecular weight excluding hydrogens is 506 g/mol. The number of carbonyl (C=O) groups is 2. The molecule has 0 radical (unpaired) electrons. The molecule has 2 aromatic carbocycles. The highest BCUT2D eigenvalue weighted by Gasteiger charge is 2.33. The molecule has 0 spiro atoms. The standard InChI is InChI=1S/C27H25F4N3O4/c1-17(34-10-12-37-13-11-34)26(36)33-23-15-19(7-9-25(23)38-27(29,30)31)24(35)14-18-6-8-22(32-16-18)20-4-2-3-5-21(20)28/h2-9,15-17H,10-14H2,1H3,(H,33,36)/t17-/m1/s1. The van der Waals surface area contributed by atoms with E-state index in [1.54, 1.807) is 37.3 Å². The first-order valence-corrected chi connectivity index (χ1v) is 11.9. The van der Waals surface area contributed by atoms with E-state index in [0.29, 0.717) is 43.1 Å². The fraction of sp³-hybridized carbons (Fsp3) is 0.296. The summed E-state index contributed by atoms with van der Waals surface area (Å²) in [6, 6.07) is 12.1. The van der Waals surface area contributed by atoms with Crippen LogP contribution in [0.15, 0.2) is 60.8 Å². The number of morpholine rings is 1. The van der Waals surface area contributed by atoms with Gasteiger partial charge in [0.1, 0.15) is 5.82 Å². The number of alkyl halides is 3. The maximum absolute atomic E-state index is 14.0. The molecule has 38 heavy (non-hydrogen) atoms. The van der Waals surface area contributed by atoms with E-state index in [2.05, 4.69) is 15.0 Å². The van der Waals surface area contributed by atoms with Gasteiger partial charge in [-0.1, -0.05) is 18.2 Å². The Balaban J connectivity index is 1.51. The molecule has 1 aliphatic rings. The highest BCUT2D eigenvalue weighted by atomic mass is 19.4. The van der Waals surface area contributed by atoms with E-state index < -0.39 is 35.7 Å². The van der Waals surface area contributed by atoms with Crippen LogP contribution in [0.3, 0.4) is 0 Å². The summed E-state index contributed by atoms with van der Waals surface area (Å²) in [5.41, 5.74) is 1.04. The number of nitrogens with one attached hydrogen (secondary N) is 1. The number of aromatic nitrogens is 1. The maximum Gasteiger partial charge on any atom is 0.573 e. The number of benzene rings is 2. The van der Waals surface area contributed by atoms with Crippen LogP contribution >= 0.6 is 0 Å². The summed E-state index contributed by atoms with van der Waals surface area (Å²) >= 11 is 0. The molecule has 1 amide bonds. The maximum atomic E-state index is 14.0. The Bertz CT molecular complexity index is 1290. The summed E-state index contributed by atoms with van der Waals surface area (Å²) in [6.45, 7) is 3.53. The molecule has 1 aromatic heterocycles. The van der Waals surface area contributed by atoms with Crippen LogP contribution in [0.5, 0.6) is 5.75 Å². The third kappa shape index (κ3) is 6.93. The second-order valence-electron chi connectivity index (χ2n) is 8.70. The second kappa shape index (κ2) is 11.7. The van der Waals surface area contributed by atoms with Gasteiger partial charge in [0.05, 0.1) is 30.6 Å². The van der Waals surface area contributed by atoms with E-state index in [1.165, 1.54) is 18.3 Å². The predicted octanol–water partition coefficient (Wildman–Crippen LogP) is 4.87. The molecule has 7 nitrogen and oxygen atoms in total. The SMILES string of the molecule is C[C@H](C(=O)Nc1cc(C(=O)Cc2ccc(-c3ccccc3F)nc2)ccc1OC(F)(F)F)N1CCOCC1. The number of ether oxygens (including phenoxy) is 2. The molecule has 200 valence electrons. The lowest BCUT2D eigenvalue weighted by atomic mass is 10.0. The van der Waals surface area contributed by atoms with E-state index in [4.69, 9.17) is 4.74 Å². The third-order valence-corrected chi connectivity index (χ3v) is 6.10. The molecule has 2 heterocycles. The lowest BCUT2D eigenvalue weighted by Gasteiger charge is -2.31. The summed E-state index contributed by atoms with van der Waals surface area (Å²) in [4.78, 5) is 31.8. The van der Waals surface area contributed by atoms with Crippen LogP contribution in [0, 0.1) is 5.82 Å². The van der Waals surface area contributed by atoms with Crippen molar-refractivity contribution in [3.05, 3.63) is 77.7 Å². The van der Waals surface area contributed by atoms with E-state index in [9.17, 15) is 27.2 Å². The lowest BCUT2D eigenvalue weighted by Crippen LogP contribution is -2.47. The zero-order valence-corrected chi connectivity index (χ0v) is 20.4. The largest absolute Gasteiger partial charge is 0.573 e. The number of anilines is 1. The molecule has 1 saturated heterocycles. The Morgan fingerprint density at radius 3 is 2.50 bits per heavy atom. The van der Waals surface area contributed by atoms with Gasteiger partial charge in [-0.15, -0.1) is 13.2 Å². The number of pyridine rings is 1. The number of halogens is 4. The van der Waals surface area contributed by atoms with Crippen molar-refractivity contribution < 1.29 is 36.6 Å². The van der Waals surface area contributed by atoms with E-state index >= 15 is 0 Å². The van der Waals surface area contributed by atoms with Crippen molar-refractivity contribution in [2.45, 2.75) is 25.7 Å². The number of rotatable bonds is 8. The van der Waals surface area contributed by atoms with Crippen LogP contribution in [0.1, 0.15) is 22.8 Å². The first-order chi connectivity index (χ1) is 18.1. The number of carbonyl (C=O) groups excluding carboxylic acids is 2. The molecule has 0 aliphatic carbocycles. The summed E-state index contributed by atoms with van der Waals surface area (Å²) in [6.07, 6.45) is -3.67. The lowest BCUT2D eigenvalue weighted by molar-refractivity contribution is -0.274. The second-order valence-corrected chi connectivity index (χ2v) is 8.70. The van der Waals surface area contributed by atoms with Crippen molar-refractivity contribution in [3.63, 3.8) is 0 Å². The molecule has 1 N–H and O–H groups in total. The topological polar surface area (TPSA) is 80.8 Å². The average molecular weight is 532 g/mol. The number of hydrogen-bond donors (Lipinski definition) is 1. The van der Waals surface area contributed by atoms with Gasteiger partial charge in [-0.05, 0) is 48.9 Å². The van der Waals surface area contributed by atoms with Crippen LogP contribution in [0.4, 0.5) is 23.2 Å². The van der Waals surface area contributed by atoms with Gasteiger partial charge >= 0.3 is 6.36 Å². The van der Waals surface area contributed by atoms with Crippen molar-refractivity contribution in [1.29, 1.82) is 0 Å². The Hall–Kier alpha value is -3.83. The van der Waals surface area contributed by atoms with Crippen molar-refractivity contribution in [2.75, 3.05) is 31.6 Å². The summed E-state index contributed by atoms with van der Waals surface area (Å²) in [5, 5.41) is 2.47. The fourth-order valence-corrected chi connectivity index (χ4v) is 4.03. The molecule has 0 saturated carbocycles. The van der Waals surface area contributed by atoms with Crippen LogP contribution in [0.25, 0.3) is 11.3 Å². The van der Waals surface area contributed by atoms with E-state index in [0.717, 1.165) is 12.1 Å². The summed E-state index contributed by atoms with van der Waals surface area (Å²) in [5.74, 6) is -2.02. The summed E-state index contributed by atoms with van der Waals surface area (Å²) in [7, 11) is 0. The quantitative estimate of drug-likeness (QED) is 0.330. The monoisotopic (exact) mass is 531 g/mol. The number of Topliss-reactive ketones (excluding diaryl/α,β-unsaturated/α-hetero) is 1. The van der Waals surface area contributed by atoms with Crippen LogP contribution in [-0.4, -0.2) is 60.3 Å². The molecule has 0 bridgehead atoms. The predicted molar refractivity (Wildman–Crippen MR) is 131 cm³/mol. The number of amides is 1. The summed E-state index contributed by atoms with van der Waals surface area (Å²) < 4.78 is 62.3. The Labute approximate surface area is 216 Å². The van der Waals surface area contributed by atoms with Crippen LogP contribution in [0.2, 0.25) is 0 Å². The van der Waals surface area contributed by atoms with E-state index in [-0.39, 0.29) is 17.7 Å². The van der Waals surface area contributed by atoms with Gasteiger partial charge in [0, 0.05) is 36.8 Å². The number of ketones is 1. The molecule has 11 heteroatoms. The highest BCUT2D eigenvalue weighted by molar-refractivity contribution is 6.01. The molecule has 1 fully saturated rings. The first kappa shape index (κ1) is 27.2. The van der Waals surface area contributed by atoms with Crippen LogP contribution in [-0.2, 0) is 16.0 Å². The first-order valence-electron chi connectivity index (χ1n) is 11.9. The van der Waals surface area contributed by atoms with E-state index in [1.807, 2.05) is 4.90 Å². The Kier molecular flexibility index (Phi) is 8.38. The zero-order chi connectivity index (χ0) is 27.3. The molecule has 1 atom stereocenters. The van der Waals surface area contributed by atoms with Gasteiger partial charge in [-0.2, -0.15) is 0 Å². The van der Waals surface area contributed by atoms with Crippen molar-refractivity contribution in [3.8, 4) is 17.0 Å². The van der Waals surface area contributed by atoms with Gasteiger partial charge in [-0.3, -0.25) is 19.5 Å². The smallest absolute Gasteiger partial charge is 0.404 e. The number of nitrogens with zero attached hydrogens (tertiary/aromatic N) is 2. The minimum absolute atomic E-state index is 0.0760. The van der Waals surface area contributed by atoms with Crippen molar-refractivity contribution in [2.24, 2.45) is 0 Å². The zero-order valence-electron chi connectivity index (χ0n) is 20.4. The normalized spacial score (nSPS) is 15.1. The van der Waals surface area contributed by atoms with Crippen molar-refractivity contribution >= 4 is 17.4 Å². The van der Waals surface area contributed by atoms with Gasteiger partial charge in [-0.25, -0.2) is 4.39 Å². The Morgan fingerprint density at radius 2 is 1.84 bits per heavy atom. The molecule has 1 aliphatic heterocycles. The molecular formula is C27H25F4N3O4. The minimum Gasteiger partial charge on any atom is -0.404 e. The van der Waals surface area contributed by atoms with Gasteiger partial charge < -0.3 is 14.8 Å². The van der Waals surface area contributed by atoms with Gasteiger partial charge in [0.15, 0.2) is 11.5 Å². The van der Waals surface area contributed by atoms with Crippen molar-refractivity contribution in [1.82, 2.24) is 9.88 Å². The third-order valence-electron chi connectivity index (χ3n) is 6.10.